The van der Waals surface area contributed by atoms with Gasteiger partial charge in [-0.2, -0.15) is 11.3 Å². The van der Waals surface area contributed by atoms with E-state index in [0.29, 0.717) is 5.56 Å². The van der Waals surface area contributed by atoms with E-state index in [-0.39, 0.29) is 0 Å². The second-order valence-electron chi connectivity index (χ2n) is 6.01. The Morgan fingerprint density at radius 3 is 2.80 bits per heavy atom. The summed E-state index contributed by atoms with van der Waals surface area (Å²) in [5.74, 6) is -0.902. The topological polar surface area (TPSA) is 63.1 Å². The lowest BCUT2D eigenvalue weighted by Gasteiger charge is -2.08. The van der Waals surface area contributed by atoms with Crippen LogP contribution in [0, 0.1) is 6.92 Å². The van der Waals surface area contributed by atoms with Crippen LogP contribution in [0.1, 0.15) is 40.3 Å². The average molecular weight is 352 g/mol. The van der Waals surface area contributed by atoms with Gasteiger partial charge in [0.05, 0.1) is 5.56 Å². The first kappa shape index (κ1) is 17.3. The summed E-state index contributed by atoms with van der Waals surface area (Å²) in [6, 6.07) is 9.49. The van der Waals surface area contributed by atoms with Crippen molar-refractivity contribution >= 4 is 17.3 Å². The monoisotopic (exact) mass is 352 g/mol. The second kappa shape index (κ2) is 8.03. The molecule has 0 unspecified atom stereocenters. The molecular formula is C20H20N2O2S. The molecule has 0 atom stereocenters. The normalized spacial score (nSPS) is 10.8. The average Bonchev–Trinajstić information content (AvgIpc) is 3.13. The molecule has 0 aromatic carbocycles. The highest BCUT2D eigenvalue weighted by molar-refractivity contribution is 7.08. The maximum atomic E-state index is 11.1. The molecule has 0 spiro atoms. The third-order valence-corrected chi connectivity index (χ3v) is 4.76. The summed E-state index contributed by atoms with van der Waals surface area (Å²) in [4.78, 5) is 20.1. The third kappa shape index (κ3) is 4.51. The van der Waals surface area contributed by atoms with Gasteiger partial charge >= 0.3 is 5.97 Å². The van der Waals surface area contributed by atoms with Crippen LogP contribution in [0.25, 0.3) is 11.1 Å². The van der Waals surface area contributed by atoms with Crippen LogP contribution in [-0.4, -0.2) is 21.0 Å². The van der Waals surface area contributed by atoms with Gasteiger partial charge in [0, 0.05) is 28.8 Å². The molecule has 0 amide bonds. The Bertz CT molecular complexity index is 860. The summed E-state index contributed by atoms with van der Waals surface area (Å²) in [7, 11) is 0. The van der Waals surface area contributed by atoms with E-state index in [1.807, 2.05) is 19.2 Å². The lowest BCUT2D eigenvalue weighted by molar-refractivity contribution is 0.0696. The zero-order valence-corrected chi connectivity index (χ0v) is 14.9. The molecule has 128 valence electrons. The van der Waals surface area contributed by atoms with E-state index >= 15 is 0 Å². The van der Waals surface area contributed by atoms with E-state index in [9.17, 15) is 4.79 Å². The number of thiophene rings is 1. The van der Waals surface area contributed by atoms with Crippen LogP contribution in [0.5, 0.6) is 0 Å². The number of carbonyl (C=O) groups is 1. The lowest BCUT2D eigenvalue weighted by atomic mass is 10.0. The van der Waals surface area contributed by atoms with Crippen LogP contribution >= 0.6 is 11.3 Å². The smallest absolute Gasteiger partial charge is 0.335 e. The van der Waals surface area contributed by atoms with Crippen molar-refractivity contribution in [2.75, 3.05) is 0 Å². The van der Waals surface area contributed by atoms with E-state index in [0.717, 1.165) is 42.8 Å². The van der Waals surface area contributed by atoms with E-state index in [1.165, 1.54) is 11.1 Å². The van der Waals surface area contributed by atoms with Crippen LogP contribution in [-0.2, 0) is 12.8 Å². The molecule has 0 bridgehead atoms. The summed E-state index contributed by atoms with van der Waals surface area (Å²) in [6.07, 6.45) is 5.47. The summed E-state index contributed by atoms with van der Waals surface area (Å²) >= 11 is 1.69. The zero-order valence-electron chi connectivity index (χ0n) is 14.1. The Morgan fingerprint density at radius 1 is 1.20 bits per heavy atom. The maximum absolute atomic E-state index is 11.1. The maximum Gasteiger partial charge on any atom is 0.335 e. The molecule has 3 rings (SSSR count). The molecule has 0 aliphatic heterocycles. The van der Waals surface area contributed by atoms with Crippen LogP contribution in [0.4, 0.5) is 0 Å². The summed E-state index contributed by atoms with van der Waals surface area (Å²) < 4.78 is 0. The van der Waals surface area contributed by atoms with Gasteiger partial charge in [-0.1, -0.05) is 6.07 Å². The highest BCUT2D eigenvalue weighted by Crippen LogP contribution is 2.25. The predicted molar refractivity (Wildman–Crippen MR) is 100 cm³/mol. The standard InChI is InChI=1S/C20H20N2O2S/c1-14-11-16(20(23)24)12-17(22-14)5-2-3-7-19-18(6-4-9-21-19)15-8-10-25-13-15/h4,6,8-13H,2-3,5,7H2,1H3,(H,23,24). The van der Waals surface area contributed by atoms with Crippen molar-refractivity contribution in [2.24, 2.45) is 0 Å². The van der Waals surface area contributed by atoms with Crippen molar-refractivity contribution in [2.45, 2.75) is 32.6 Å². The Labute approximate surface area is 151 Å². The highest BCUT2D eigenvalue weighted by Gasteiger charge is 2.08. The van der Waals surface area contributed by atoms with Crippen LogP contribution in [0.15, 0.2) is 47.3 Å². The number of nitrogens with zero attached hydrogens (tertiary/aromatic N) is 2. The van der Waals surface area contributed by atoms with Crippen molar-refractivity contribution in [3.05, 3.63) is 69.9 Å². The molecule has 25 heavy (non-hydrogen) atoms. The molecule has 5 heteroatoms. The SMILES string of the molecule is Cc1cc(C(=O)O)cc(CCCCc2ncccc2-c2ccsc2)n1. The van der Waals surface area contributed by atoms with Crippen molar-refractivity contribution < 1.29 is 9.90 Å². The largest absolute Gasteiger partial charge is 0.478 e. The quantitative estimate of drug-likeness (QED) is 0.622. The number of pyridine rings is 2. The Balaban J connectivity index is 1.61. The van der Waals surface area contributed by atoms with Crippen molar-refractivity contribution in [3.8, 4) is 11.1 Å². The summed E-state index contributed by atoms with van der Waals surface area (Å²) in [5, 5.41) is 13.4. The van der Waals surface area contributed by atoms with Crippen molar-refractivity contribution in [1.29, 1.82) is 0 Å². The fourth-order valence-corrected chi connectivity index (χ4v) is 3.56. The van der Waals surface area contributed by atoms with Gasteiger partial charge in [0.1, 0.15) is 0 Å². The fraction of sp³-hybridized carbons (Fsp3) is 0.250. The summed E-state index contributed by atoms with van der Waals surface area (Å²) in [5.41, 5.74) is 5.44. The fourth-order valence-electron chi connectivity index (χ4n) is 2.91. The minimum absolute atomic E-state index is 0.312. The number of carboxylic acids is 1. The van der Waals surface area contributed by atoms with E-state index in [1.54, 1.807) is 23.5 Å². The van der Waals surface area contributed by atoms with Crippen LogP contribution < -0.4 is 0 Å². The molecule has 3 heterocycles. The number of aromatic carboxylic acids is 1. The number of unbranched alkanes of at least 4 members (excludes halogenated alkanes) is 1. The molecule has 3 aromatic rings. The van der Waals surface area contributed by atoms with Crippen LogP contribution in [0.2, 0.25) is 0 Å². The van der Waals surface area contributed by atoms with Crippen molar-refractivity contribution in [1.82, 2.24) is 9.97 Å². The molecule has 0 aliphatic carbocycles. The van der Waals surface area contributed by atoms with E-state index < -0.39 is 5.97 Å². The van der Waals surface area contributed by atoms with Gasteiger partial charge in [0.15, 0.2) is 0 Å². The Kier molecular flexibility index (Phi) is 5.56. The number of aromatic nitrogens is 2. The van der Waals surface area contributed by atoms with Gasteiger partial charge in [0.25, 0.3) is 0 Å². The van der Waals surface area contributed by atoms with Crippen molar-refractivity contribution in [3.63, 3.8) is 0 Å². The Morgan fingerprint density at radius 2 is 2.04 bits per heavy atom. The number of hydrogen-bond acceptors (Lipinski definition) is 4. The molecule has 3 aromatic heterocycles. The lowest BCUT2D eigenvalue weighted by Crippen LogP contribution is -2.02. The zero-order chi connectivity index (χ0) is 17.6. The number of hydrogen-bond donors (Lipinski definition) is 1. The number of aryl methyl sites for hydroxylation is 3. The first-order valence-corrected chi connectivity index (χ1v) is 9.25. The molecule has 0 fully saturated rings. The summed E-state index contributed by atoms with van der Waals surface area (Å²) in [6.45, 7) is 1.83. The molecule has 4 nitrogen and oxygen atoms in total. The predicted octanol–water partition coefficient (Wildman–Crippen LogP) is 4.78. The molecule has 0 radical (unpaired) electrons. The molecule has 1 N–H and O–H groups in total. The molecule has 0 saturated heterocycles. The molecule has 0 aliphatic rings. The minimum atomic E-state index is -0.902. The first-order valence-electron chi connectivity index (χ1n) is 8.31. The number of rotatable bonds is 7. The van der Waals surface area contributed by atoms with Gasteiger partial charge in [-0.25, -0.2) is 4.79 Å². The van der Waals surface area contributed by atoms with E-state index in [2.05, 4.69) is 32.9 Å². The highest BCUT2D eigenvalue weighted by atomic mass is 32.1. The van der Waals surface area contributed by atoms with Gasteiger partial charge in [-0.15, -0.1) is 0 Å². The van der Waals surface area contributed by atoms with E-state index in [4.69, 9.17) is 5.11 Å². The minimum Gasteiger partial charge on any atom is -0.478 e. The van der Waals surface area contributed by atoms with Crippen LogP contribution in [0.3, 0.4) is 0 Å². The number of carboxylic acid groups (broad SMARTS) is 1. The first-order chi connectivity index (χ1) is 12.1. The van der Waals surface area contributed by atoms with Gasteiger partial charge in [-0.05, 0) is 73.2 Å². The molecular weight excluding hydrogens is 332 g/mol. The Hall–Kier alpha value is -2.53. The third-order valence-electron chi connectivity index (χ3n) is 4.07. The van der Waals surface area contributed by atoms with Gasteiger partial charge in [-0.3, -0.25) is 9.97 Å². The van der Waals surface area contributed by atoms with Gasteiger partial charge < -0.3 is 5.11 Å². The van der Waals surface area contributed by atoms with Gasteiger partial charge in [0.2, 0.25) is 0 Å². The second-order valence-corrected chi connectivity index (χ2v) is 6.79. The molecule has 0 saturated carbocycles.